The number of cyclic esters (lactones) is 1. The van der Waals surface area contributed by atoms with Gasteiger partial charge in [-0.05, 0) is 125 Å². The van der Waals surface area contributed by atoms with Gasteiger partial charge in [-0.25, -0.2) is 10.2 Å². The van der Waals surface area contributed by atoms with Gasteiger partial charge in [0.15, 0.2) is 0 Å². The van der Waals surface area contributed by atoms with Crippen LogP contribution in [0.4, 0.5) is 4.79 Å². The summed E-state index contributed by atoms with van der Waals surface area (Å²) in [5.41, 5.74) is 8.62. The molecule has 2 aromatic heterocycles. The van der Waals surface area contributed by atoms with Gasteiger partial charge in [-0.3, -0.25) is 34.1 Å². The highest BCUT2D eigenvalue weighted by atomic mass is 16.6. The molecule has 0 spiro atoms. The van der Waals surface area contributed by atoms with Crippen molar-refractivity contribution in [3.63, 3.8) is 0 Å². The van der Waals surface area contributed by atoms with Gasteiger partial charge in [0.25, 0.3) is 5.91 Å². The molecule has 1 saturated heterocycles. The lowest BCUT2D eigenvalue weighted by Gasteiger charge is -2.37. The van der Waals surface area contributed by atoms with Gasteiger partial charge in [0.1, 0.15) is 35.5 Å². The summed E-state index contributed by atoms with van der Waals surface area (Å²) in [7, 11) is 4.63. The molecule has 16 heteroatoms. The van der Waals surface area contributed by atoms with E-state index in [0.717, 1.165) is 39.0 Å². The SMILES string of the molecule is CCn1c(-c2cccnc2[C@@H](C)OC)c2c3cc(ccc31)-c1cc(O)cc(c1)C[C@H](NC(=O)[C@H](C(C)C)N(C)C(=O)[C@H](C)N(C)C(=O)OC(C)(C)C)C(=O)N1CCC[C@@H](N1)C(=O)OCC(C)(C)C2. The Labute approximate surface area is 400 Å². The standard InChI is InChI=1S/C52H71N7O9/c1-14-58-42-20-19-34-27-38(42)39(45(58)37-17-15-21-53-43(37)32(5)66-13)28-52(9,10)29-67-49(64)40-18-16-22-59(55-40)48(63)41(25-33-23-35(34)26-36(60)24-33)54-46(61)44(30(2)3)57(12)47(62)31(4)56(11)50(65)68-51(6,7)8/h15,17,19-21,23-24,26-27,30-32,40-41,44,55,60H,14,16,18,22,25,28-29H2,1-13H3,(H,54,61)/t31-,32+,40+,41-,44-/m0/s1. The van der Waals surface area contributed by atoms with Gasteiger partial charge in [0, 0.05) is 68.8 Å². The predicted molar refractivity (Wildman–Crippen MR) is 260 cm³/mol. The number of carbonyl (C=O) groups is 5. The summed E-state index contributed by atoms with van der Waals surface area (Å²) in [4.78, 5) is 77.4. The van der Waals surface area contributed by atoms with Crippen LogP contribution < -0.4 is 10.7 Å². The topological polar surface area (TPSA) is 185 Å². The molecule has 0 saturated carbocycles. The number of aromatic hydroxyl groups is 1. The van der Waals surface area contributed by atoms with Crippen molar-refractivity contribution in [2.45, 2.75) is 137 Å². The Bertz CT molecular complexity index is 2530. The van der Waals surface area contributed by atoms with Gasteiger partial charge in [0.05, 0.1) is 24.1 Å². The minimum Gasteiger partial charge on any atom is -0.508 e. The maximum Gasteiger partial charge on any atom is 0.410 e. The number of fused-ring (bicyclic) bond motifs is 6. The molecule has 6 bridgehead atoms. The van der Waals surface area contributed by atoms with E-state index in [1.807, 2.05) is 25.1 Å². The van der Waals surface area contributed by atoms with E-state index in [4.69, 9.17) is 19.2 Å². The lowest BCUT2D eigenvalue weighted by Crippen LogP contribution is -2.62. The maximum absolute atomic E-state index is 14.7. The zero-order valence-electron chi connectivity index (χ0n) is 42.1. The number of ether oxygens (including phenoxy) is 3. The lowest BCUT2D eigenvalue weighted by molar-refractivity contribution is -0.155. The number of pyridine rings is 1. The molecule has 4 aromatic rings. The third kappa shape index (κ3) is 11.3. The summed E-state index contributed by atoms with van der Waals surface area (Å²) in [6, 6.07) is 11.3. The fourth-order valence-electron chi connectivity index (χ4n) is 9.34. The molecule has 16 nitrogen and oxygen atoms in total. The van der Waals surface area contributed by atoms with Crippen LogP contribution in [0.15, 0.2) is 54.7 Å². The van der Waals surface area contributed by atoms with Crippen molar-refractivity contribution < 1.29 is 43.3 Å². The normalized spacial score (nSPS) is 19.1. The van der Waals surface area contributed by atoms with E-state index in [2.05, 4.69) is 54.3 Å². The summed E-state index contributed by atoms with van der Waals surface area (Å²) < 4.78 is 19.7. The number of rotatable bonds is 10. The molecule has 5 atom stereocenters. The number of methoxy groups -OCH3 is 1. The molecule has 1 fully saturated rings. The number of phenols is 1. The molecule has 6 rings (SSSR count). The number of likely N-dealkylation sites (N-methyl/N-ethyl adjacent to an activating group) is 2. The van der Waals surface area contributed by atoms with Gasteiger partial charge < -0.3 is 34.1 Å². The van der Waals surface area contributed by atoms with Crippen LogP contribution in [0.5, 0.6) is 5.75 Å². The van der Waals surface area contributed by atoms with Crippen LogP contribution in [0.1, 0.15) is 105 Å². The van der Waals surface area contributed by atoms with E-state index in [9.17, 15) is 29.1 Å². The summed E-state index contributed by atoms with van der Waals surface area (Å²) in [6.07, 6.45) is 2.19. The fraction of sp³-hybridized carbons (Fsp3) is 0.538. The van der Waals surface area contributed by atoms with Crippen LogP contribution in [0.3, 0.4) is 0 Å². The van der Waals surface area contributed by atoms with Gasteiger partial charge in [-0.15, -0.1) is 0 Å². The first-order valence-corrected chi connectivity index (χ1v) is 23.7. The number of esters is 1. The number of nitrogens with zero attached hydrogens (tertiary/aromatic N) is 5. The van der Waals surface area contributed by atoms with E-state index in [1.54, 1.807) is 67.0 Å². The Kier molecular flexibility index (Phi) is 15.6. The molecule has 0 unspecified atom stereocenters. The molecule has 2 aromatic carbocycles. The van der Waals surface area contributed by atoms with Crippen molar-refractivity contribution in [3.05, 3.63) is 71.5 Å². The number of hydrogen-bond acceptors (Lipinski definition) is 11. The smallest absolute Gasteiger partial charge is 0.410 e. The van der Waals surface area contributed by atoms with E-state index in [0.29, 0.717) is 36.9 Å². The summed E-state index contributed by atoms with van der Waals surface area (Å²) in [5, 5.41) is 16.7. The highest BCUT2D eigenvalue weighted by Gasteiger charge is 2.39. The van der Waals surface area contributed by atoms with E-state index in [1.165, 1.54) is 28.9 Å². The molecule has 0 radical (unpaired) electrons. The monoisotopic (exact) mass is 938 g/mol. The zero-order valence-corrected chi connectivity index (χ0v) is 42.1. The van der Waals surface area contributed by atoms with Crippen LogP contribution in [-0.2, 0) is 52.8 Å². The van der Waals surface area contributed by atoms with Crippen LogP contribution in [0, 0.1) is 11.3 Å². The number of carbonyl (C=O) groups excluding carboxylic acids is 5. The predicted octanol–water partition coefficient (Wildman–Crippen LogP) is 7.19. The Balaban J connectivity index is 1.44. The first-order chi connectivity index (χ1) is 31.9. The van der Waals surface area contributed by atoms with Gasteiger partial charge in [-0.1, -0.05) is 39.8 Å². The van der Waals surface area contributed by atoms with Crippen LogP contribution in [0.2, 0.25) is 0 Å². The van der Waals surface area contributed by atoms with Gasteiger partial charge >= 0.3 is 12.1 Å². The molecule has 68 heavy (non-hydrogen) atoms. The maximum atomic E-state index is 14.7. The Morgan fingerprint density at radius 2 is 1.75 bits per heavy atom. The highest BCUT2D eigenvalue weighted by Crippen LogP contribution is 2.42. The van der Waals surface area contributed by atoms with E-state index < -0.39 is 70.9 Å². The quantitative estimate of drug-likeness (QED) is 0.137. The Hall–Kier alpha value is -6.00. The highest BCUT2D eigenvalue weighted by molar-refractivity contribution is 5.96. The summed E-state index contributed by atoms with van der Waals surface area (Å²) >= 11 is 0. The van der Waals surface area contributed by atoms with Crippen molar-refractivity contribution in [3.8, 4) is 28.1 Å². The number of hydrazine groups is 1. The number of aryl methyl sites for hydroxylation is 1. The van der Waals surface area contributed by atoms with Crippen molar-refractivity contribution in [1.29, 1.82) is 0 Å². The average molecular weight is 938 g/mol. The van der Waals surface area contributed by atoms with Gasteiger partial charge in [0.2, 0.25) is 11.8 Å². The first-order valence-electron chi connectivity index (χ1n) is 23.7. The van der Waals surface area contributed by atoms with Crippen LogP contribution in [0.25, 0.3) is 33.3 Å². The molecule has 2 aliphatic rings. The molecular weight excluding hydrogens is 867 g/mol. The van der Waals surface area contributed by atoms with Crippen molar-refractivity contribution in [1.82, 2.24) is 35.1 Å². The minimum absolute atomic E-state index is 0.0290. The largest absolute Gasteiger partial charge is 0.508 e. The summed E-state index contributed by atoms with van der Waals surface area (Å²) in [6.45, 7) is 19.6. The summed E-state index contributed by atoms with van der Waals surface area (Å²) in [5.74, 6) is -2.55. The van der Waals surface area contributed by atoms with E-state index in [-0.39, 0.29) is 31.4 Å². The zero-order chi connectivity index (χ0) is 50.0. The van der Waals surface area contributed by atoms with Crippen molar-refractivity contribution in [2.75, 3.05) is 34.4 Å². The molecule has 4 amide bonds. The third-order valence-corrected chi connectivity index (χ3v) is 13.0. The molecule has 3 N–H and O–H groups in total. The number of benzene rings is 2. The number of hydrogen-bond donors (Lipinski definition) is 3. The van der Waals surface area contributed by atoms with Crippen molar-refractivity contribution >= 4 is 40.7 Å². The Morgan fingerprint density at radius 1 is 1.03 bits per heavy atom. The first kappa shape index (κ1) is 51.4. The number of phenolic OH excluding ortho intramolecular Hbond substituents is 1. The molecule has 0 aliphatic carbocycles. The minimum atomic E-state index is -1.21. The second kappa shape index (κ2) is 20.7. The molecule has 4 heterocycles. The van der Waals surface area contributed by atoms with Crippen LogP contribution in [-0.4, -0.2) is 123 Å². The van der Waals surface area contributed by atoms with Gasteiger partial charge in [-0.2, -0.15) is 0 Å². The number of nitrogens with one attached hydrogen (secondary N) is 2. The molecule has 2 aliphatic heterocycles. The number of amides is 4. The number of aromatic nitrogens is 2. The fourth-order valence-corrected chi connectivity index (χ4v) is 9.34. The van der Waals surface area contributed by atoms with Crippen LogP contribution >= 0.6 is 0 Å². The Morgan fingerprint density at radius 3 is 2.41 bits per heavy atom. The second-order valence-electron chi connectivity index (χ2n) is 20.4. The lowest BCUT2D eigenvalue weighted by atomic mass is 9.84. The second-order valence-corrected chi connectivity index (χ2v) is 20.4. The van der Waals surface area contributed by atoms with Crippen molar-refractivity contribution in [2.24, 2.45) is 11.3 Å². The van der Waals surface area contributed by atoms with E-state index >= 15 is 0 Å². The average Bonchev–Trinajstić information content (AvgIpc) is 3.59. The molecular formula is C52H71N7O9. The third-order valence-electron chi connectivity index (χ3n) is 13.0. The molecule has 368 valence electrons.